The molecule has 0 aliphatic heterocycles. The van der Waals surface area contributed by atoms with Crippen LogP contribution in [0.4, 0.5) is 17.1 Å². The van der Waals surface area contributed by atoms with E-state index in [0.29, 0.717) is 0 Å². The summed E-state index contributed by atoms with van der Waals surface area (Å²) in [4.78, 5) is 7.11. The first-order valence-electron chi connectivity index (χ1n) is 17.6. The lowest BCUT2D eigenvalue weighted by Gasteiger charge is -2.29. The van der Waals surface area contributed by atoms with Crippen LogP contribution in [0.5, 0.6) is 0 Å². The highest BCUT2D eigenvalue weighted by molar-refractivity contribution is 6.10. The SMILES string of the molecule is CC1(C)c2ccccc2-c2ccc(N(c3ccc(-c4ccc5c(c4)c4ccccc4n5-c4ccccc4)cc3)c3ccnc4ccccc34)cc21. The van der Waals surface area contributed by atoms with Gasteiger partial charge >= 0.3 is 0 Å². The lowest BCUT2D eigenvalue weighted by Crippen LogP contribution is -2.16. The Labute approximate surface area is 297 Å². The topological polar surface area (TPSA) is 21.1 Å². The number of anilines is 3. The molecule has 0 bridgehead atoms. The molecule has 0 N–H and O–H groups in total. The van der Waals surface area contributed by atoms with Crippen molar-refractivity contribution < 1.29 is 0 Å². The Kier molecular flexibility index (Phi) is 6.53. The highest BCUT2D eigenvalue weighted by Crippen LogP contribution is 2.51. The minimum absolute atomic E-state index is 0.0972. The summed E-state index contributed by atoms with van der Waals surface area (Å²) in [5.74, 6) is 0. The van der Waals surface area contributed by atoms with Crippen LogP contribution in [0.3, 0.4) is 0 Å². The molecule has 0 amide bonds. The van der Waals surface area contributed by atoms with E-state index in [1.54, 1.807) is 0 Å². The summed E-state index contributed by atoms with van der Waals surface area (Å²) in [6.45, 7) is 4.69. The molecule has 242 valence electrons. The highest BCUT2D eigenvalue weighted by Gasteiger charge is 2.35. The molecule has 0 fully saturated rings. The van der Waals surface area contributed by atoms with Gasteiger partial charge in [0.1, 0.15) is 0 Å². The van der Waals surface area contributed by atoms with Gasteiger partial charge in [-0.05, 0) is 100 Å². The third-order valence-electron chi connectivity index (χ3n) is 10.8. The monoisotopic (exact) mass is 653 g/mol. The van der Waals surface area contributed by atoms with Gasteiger partial charge in [0.15, 0.2) is 0 Å². The number of hydrogen-bond donors (Lipinski definition) is 0. The van der Waals surface area contributed by atoms with Gasteiger partial charge < -0.3 is 9.47 Å². The maximum Gasteiger partial charge on any atom is 0.0723 e. The molecule has 10 rings (SSSR count). The molecule has 3 heteroatoms. The molecular formula is C48H35N3. The number of benzene rings is 7. The van der Waals surface area contributed by atoms with Crippen molar-refractivity contribution in [2.24, 2.45) is 0 Å². The van der Waals surface area contributed by atoms with E-state index in [9.17, 15) is 0 Å². The Hall–Kier alpha value is -6.45. The van der Waals surface area contributed by atoms with Gasteiger partial charge in [0.2, 0.25) is 0 Å². The summed E-state index contributed by atoms with van der Waals surface area (Å²) >= 11 is 0. The number of nitrogens with zero attached hydrogens (tertiary/aromatic N) is 3. The average molecular weight is 654 g/mol. The zero-order chi connectivity index (χ0) is 34.1. The van der Waals surface area contributed by atoms with Crippen molar-refractivity contribution >= 4 is 49.8 Å². The largest absolute Gasteiger partial charge is 0.310 e. The molecule has 9 aromatic rings. The van der Waals surface area contributed by atoms with Crippen LogP contribution in [0.25, 0.3) is 60.6 Å². The number of para-hydroxylation sites is 3. The van der Waals surface area contributed by atoms with Crippen LogP contribution >= 0.6 is 0 Å². The van der Waals surface area contributed by atoms with Crippen molar-refractivity contribution in [3.05, 3.63) is 187 Å². The van der Waals surface area contributed by atoms with Crippen LogP contribution in [0.1, 0.15) is 25.0 Å². The van der Waals surface area contributed by atoms with Crippen LogP contribution in [0.15, 0.2) is 176 Å². The average Bonchev–Trinajstić information content (AvgIpc) is 3.63. The van der Waals surface area contributed by atoms with Gasteiger partial charge in [-0.1, -0.05) is 117 Å². The van der Waals surface area contributed by atoms with Crippen molar-refractivity contribution in [3.63, 3.8) is 0 Å². The molecule has 0 saturated heterocycles. The van der Waals surface area contributed by atoms with Crippen molar-refractivity contribution in [1.82, 2.24) is 9.55 Å². The molecule has 0 atom stereocenters. The molecule has 0 saturated carbocycles. The molecule has 0 unspecified atom stereocenters. The van der Waals surface area contributed by atoms with E-state index in [2.05, 4.69) is 193 Å². The number of rotatable bonds is 5. The second kappa shape index (κ2) is 11.3. The van der Waals surface area contributed by atoms with E-state index in [1.165, 1.54) is 60.9 Å². The van der Waals surface area contributed by atoms with Crippen LogP contribution < -0.4 is 4.90 Å². The smallest absolute Gasteiger partial charge is 0.0723 e. The van der Waals surface area contributed by atoms with Crippen molar-refractivity contribution in [2.75, 3.05) is 4.90 Å². The lowest BCUT2D eigenvalue weighted by atomic mass is 9.82. The Morgan fingerprint density at radius 1 is 0.490 bits per heavy atom. The van der Waals surface area contributed by atoms with E-state index in [4.69, 9.17) is 4.98 Å². The Morgan fingerprint density at radius 3 is 2.02 bits per heavy atom. The van der Waals surface area contributed by atoms with Crippen molar-refractivity contribution in [3.8, 4) is 27.9 Å². The predicted octanol–water partition coefficient (Wildman–Crippen LogP) is 12.8. The highest BCUT2D eigenvalue weighted by atomic mass is 15.1. The summed E-state index contributed by atoms with van der Waals surface area (Å²) in [6, 6.07) is 61.6. The zero-order valence-corrected chi connectivity index (χ0v) is 28.6. The second-order valence-corrected chi connectivity index (χ2v) is 14.1. The first-order chi connectivity index (χ1) is 25.1. The first-order valence-corrected chi connectivity index (χ1v) is 17.6. The number of aromatic nitrogens is 2. The molecule has 1 aliphatic rings. The minimum Gasteiger partial charge on any atom is -0.310 e. The van der Waals surface area contributed by atoms with E-state index in [1.807, 2.05) is 6.20 Å². The van der Waals surface area contributed by atoms with Gasteiger partial charge in [-0.25, -0.2) is 0 Å². The fourth-order valence-electron chi connectivity index (χ4n) is 8.35. The standard InChI is InChI=1S/C48H35N3/c1-48(2)42-17-9-6-14-37(42)38-26-25-36(31-43(38)48)50(47-28-29-49-44-18-10-7-16-40(44)47)35-23-20-32(21-24-35)33-22-27-46-41(30-33)39-15-8-11-19-45(39)51(46)34-12-4-3-5-13-34/h3-31H,1-2H3. The summed E-state index contributed by atoms with van der Waals surface area (Å²) in [5, 5.41) is 3.63. The zero-order valence-electron chi connectivity index (χ0n) is 28.6. The molecule has 7 aromatic carbocycles. The van der Waals surface area contributed by atoms with E-state index >= 15 is 0 Å². The summed E-state index contributed by atoms with van der Waals surface area (Å²) < 4.78 is 2.37. The van der Waals surface area contributed by atoms with Crippen molar-refractivity contribution in [2.45, 2.75) is 19.3 Å². The molecular weight excluding hydrogens is 619 g/mol. The van der Waals surface area contributed by atoms with Crippen LogP contribution in [0, 0.1) is 0 Å². The third-order valence-corrected chi connectivity index (χ3v) is 10.8. The molecule has 3 nitrogen and oxygen atoms in total. The maximum atomic E-state index is 4.71. The predicted molar refractivity (Wildman–Crippen MR) is 214 cm³/mol. The van der Waals surface area contributed by atoms with Gasteiger partial charge in [-0.15, -0.1) is 0 Å². The fraction of sp³-hybridized carbons (Fsp3) is 0.0625. The molecule has 51 heavy (non-hydrogen) atoms. The Bertz CT molecular complexity index is 2770. The maximum absolute atomic E-state index is 4.71. The van der Waals surface area contributed by atoms with Gasteiger partial charge in [0.25, 0.3) is 0 Å². The van der Waals surface area contributed by atoms with Crippen molar-refractivity contribution in [1.29, 1.82) is 0 Å². The second-order valence-electron chi connectivity index (χ2n) is 14.1. The summed E-state index contributed by atoms with van der Waals surface area (Å²) in [5.41, 5.74) is 15.6. The third kappa shape index (κ3) is 4.55. The summed E-state index contributed by atoms with van der Waals surface area (Å²) in [6.07, 6.45) is 1.92. The molecule has 1 aliphatic carbocycles. The quantitative estimate of drug-likeness (QED) is 0.184. The van der Waals surface area contributed by atoms with Gasteiger partial charge in [-0.3, -0.25) is 4.98 Å². The number of hydrogen-bond acceptors (Lipinski definition) is 2. The molecule has 0 radical (unpaired) electrons. The number of pyridine rings is 1. The first kappa shape index (κ1) is 29.5. The molecule has 0 spiro atoms. The van der Waals surface area contributed by atoms with Crippen LogP contribution in [0.2, 0.25) is 0 Å². The van der Waals surface area contributed by atoms with Gasteiger partial charge in [0, 0.05) is 44.8 Å². The number of fused-ring (bicyclic) bond motifs is 7. The summed E-state index contributed by atoms with van der Waals surface area (Å²) in [7, 11) is 0. The normalized spacial score (nSPS) is 13.1. The van der Waals surface area contributed by atoms with E-state index < -0.39 is 0 Å². The Morgan fingerprint density at radius 2 is 1.16 bits per heavy atom. The molecule has 2 aromatic heterocycles. The minimum atomic E-state index is -0.0972. The lowest BCUT2D eigenvalue weighted by molar-refractivity contribution is 0.660. The Balaban J connectivity index is 1.11. The van der Waals surface area contributed by atoms with E-state index in [0.717, 1.165) is 28.0 Å². The van der Waals surface area contributed by atoms with Gasteiger partial charge in [0.05, 0.1) is 22.2 Å². The van der Waals surface area contributed by atoms with Crippen LogP contribution in [-0.4, -0.2) is 9.55 Å². The molecule has 2 heterocycles. The fourth-order valence-corrected chi connectivity index (χ4v) is 8.35. The van der Waals surface area contributed by atoms with Crippen LogP contribution in [-0.2, 0) is 5.41 Å². The van der Waals surface area contributed by atoms with E-state index in [-0.39, 0.29) is 5.41 Å². The van der Waals surface area contributed by atoms with Gasteiger partial charge in [-0.2, -0.15) is 0 Å².